The van der Waals surface area contributed by atoms with Gasteiger partial charge in [-0.2, -0.15) is 0 Å². The van der Waals surface area contributed by atoms with Gasteiger partial charge in [0, 0.05) is 32.9 Å². The molecule has 3 saturated carbocycles. The fourth-order valence-corrected chi connectivity index (χ4v) is 10.7. The van der Waals surface area contributed by atoms with E-state index in [1.54, 1.807) is 16.7 Å². The predicted molar refractivity (Wildman–Crippen MR) is 164 cm³/mol. The second kappa shape index (κ2) is 8.12. The summed E-state index contributed by atoms with van der Waals surface area (Å²) >= 11 is 3.76. The minimum Gasteiger partial charge on any atom is -0.361 e. The van der Waals surface area contributed by atoms with E-state index in [4.69, 9.17) is 0 Å². The first kappa shape index (κ1) is 25.2. The molecule has 200 valence electrons. The molecule has 1 N–H and O–H groups in total. The highest BCUT2D eigenvalue weighted by Crippen LogP contribution is 2.74. The SMILES string of the molecule is Cc1cccc2c1C(c1c[nH]c3ccc(Br)cc13)C=C1C2(C)CC[C@@]2(C)C3CC(C)CCC3(C)CCC12C. The molecule has 0 radical (unpaired) electrons. The van der Waals surface area contributed by atoms with E-state index in [1.807, 2.05) is 0 Å². The molecular weight excluding hydrogens is 526 g/mol. The lowest BCUT2D eigenvalue weighted by Crippen LogP contribution is -2.61. The zero-order valence-corrected chi connectivity index (χ0v) is 25.8. The lowest BCUT2D eigenvalue weighted by atomic mass is 9.35. The van der Waals surface area contributed by atoms with Gasteiger partial charge in [0.1, 0.15) is 0 Å². The van der Waals surface area contributed by atoms with Gasteiger partial charge < -0.3 is 4.98 Å². The van der Waals surface area contributed by atoms with Gasteiger partial charge in [-0.15, -0.1) is 0 Å². The molecule has 1 nitrogen and oxygen atoms in total. The maximum atomic E-state index is 3.76. The Hall–Kier alpha value is -1.80. The molecule has 1 aromatic heterocycles. The van der Waals surface area contributed by atoms with Crippen LogP contribution in [0.1, 0.15) is 108 Å². The summed E-state index contributed by atoms with van der Waals surface area (Å²) in [5, 5.41) is 1.35. The summed E-state index contributed by atoms with van der Waals surface area (Å²) in [4.78, 5) is 3.61. The number of hydrogen-bond acceptors (Lipinski definition) is 0. The van der Waals surface area contributed by atoms with E-state index in [2.05, 4.69) is 111 Å². The van der Waals surface area contributed by atoms with Gasteiger partial charge in [-0.05, 0) is 114 Å². The van der Waals surface area contributed by atoms with E-state index in [-0.39, 0.29) is 16.7 Å². The summed E-state index contributed by atoms with van der Waals surface area (Å²) < 4.78 is 1.15. The molecule has 2 heteroatoms. The lowest BCUT2D eigenvalue weighted by molar-refractivity contribution is -0.145. The van der Waals surface area contributed by atoms with Crippen LogP contribution in [-0.4, -0.2) is 4.98 Å². The van der Waals surface area contributed by atoms with Crippen LogP contribution in [0.15, 0.2) is 58.7 Å². The largest absolute Gasteiger partial charge is 0.361 e. The number of aromatic amines is 1. The minimum absolute atomic E-state index is 0.118. The summed E-state index contributed by atoms with van der Waals surface area (Å²) in [5.41, 5.74) is 10.2. The van der Waals surface area contributed by atoms with Crippen LogP contribution in [0, 0.1) is 35.0 Å². The molecular formula is C36H44BrN. The van der Waals surface area contributed by atoms with Crippen molar-refractivity contribution >= 4 is 26.8 Å². The molecule has 7 atom stereocenters. The number of rotatable bonds is 1. The minimum atomic E-state index is 0.118. The third kappa shape index (κ3) is 3.16. The molecule has 0 bridgehead atoms. The topological polar surface area (TPSA) is 15.8 Å². The summed E-state index contributed by atoms with van der Waals surface area (Å²) in [5.74, 6) is 1.97. The molecule has 2 aromatic carbocycles. The number of fused-ring (bicyclic) bond motifs is 8. The second-order valence-electron chi connectivity index (χ2n) is 14.7. The van der Waals surface area contributed by atoms with Crippen molar-refractivity contribution in [2.45, 2.75) is 97.8 Å². The van der Waals surface area contributed by atoms with Crippen LogP contribution in [0.3, 0.4) is 0 Å². The molecule has 6 unspecified atom stereocenters. The Morgan fingerprint density at radius 2 is 1.76 bits per heavy atom. The fourth-order valence-electron chi connectivity index (χ4n) is 10.3. The number of H-pyrrole nitrogens is 1. The predicted octanol–water partition coefficient (Wildman–Crippen LogP) is 10.6. The van der Waals surface area contributed by atoms with Crippen molar-refractivity contribution < 1.29 is 0 Å². The van der Waals surface area contributed by atoms with Crippen LogP contribution in [-0.2, 0) is 5.41 Å². The second-order valence-corrected chi connectivity index (χ2v) is 15.6. The molecule has 0 spiro atoms. The third-order valence-corrected chi connectivity index (χ3v) is 13.3. The Morgan fingerprint density at radius 3 is 2.58 bits per heavy atom. The smallest absolute Gasteiger partial charge is 0.0457 e. The molecule has 3 fully saturated rings. The monoisotopic (exact) mass is 569 g/mol. The van der Waals surface area contributed by atoms with Crippen LogP contribution in [0.5, 0.6) is 0 Å². The van der Waals surface area contributed by atoms with Crippen molar-refractivity contribution in [2.75, 3.05) is 0 Å². The highest BCUT2D eigenvalue weighted by Gasteiger charge is 2.65. The fraction of sp³-hybridized carbons (Fsp3) is 0.556. The number of allylic oxidation sites excluding steroid dienone is 2. The van der Waals surface area contributed by atoms with E-state index in [9.17, 15) is 0 Å². The van der Waals surface area contributed by atoms with Crippen LogP contribution in [0.4, 0.5) is 0 Å². The first-order valence-electron chi connectivity index (χ1n) is 15.1. The summed E-state index contributed by atoms with van der Waals surface area (Å²) in [6.45, 7) is 15.5. The van der Waals surface area contributed by atoms with Gasteiger partial charge in [0.05, 0.1) is 0 Å². The maximum absolute atomic E-state index is 3.76. The standard InChI is InChI=1S/C36H44BrN/c1-22-12-13-33(3)14-16-36(6)31-20-26(27-21-38-29-11-10-24(37)19-25(27)29)32-23(2)8-7-9-28(32)34(31,4)15-17-35(36,5)30(33)18-22/h7-11,19-22,26,30,38H,12-18H2,1-6H3/t22?,26?,30?,33?,34?,35-,36?/m0/s1. The molecule has 0 amide bonds. The number of aryl methyl sites for hydroxylation is 1. The van der Waals surface area contributed by atoms with E-state index < -0.39 is 0 Å². The number of benzene rings is 2. The number of hydrogen-bond donors (Lipinski definition) is 1. The zero-order valence-electron chi connectivity index (χ0n) is 24.2. The third-order valence-electron chi connectivity index (χ3n) is 12.8. The van der Waals surface area contributed by atoms with Gasteiger partial charge in [0.25, 0.3) is 0 Å². The Bertz CT molecular complexity index is 1480. The van der Waals surface area contributed by atoms with Crippen molar-refractivity contribution in [3.63, 3.8) is 0 Å². The molecule has 7 rings (SSSR count). The van der Waals surface area contributed by atoms with Crippen molar-refractivity contribution in [1.29, 1.82) is 0 Å². The van der Waals surface area contributed by atoms with Gasteiger partial charge in [0.2, 0.25) is 0 Å². The van der Waals surface area contributed by atoms with Crippen molar-refractivity contribution in [3.05, 3.63) is 81.0 Å². The molecule has 38 heavy (non-hydrogen) atoms. The van der Waals surface area contributed by atoms with E-state index in [0.717, 1.165) is 16.3 Å². The summed E-state index contributed by atoms with van der Waals surface area (Å²) in [6, 6.07) is 13.8. The highest BCUT2D eigenvalue weighted by atomic mass is 79.9. The molecule has 1 heterocycles. The number of nitrogens with one attached hydrogen (secondary N) is 1. The Balaban J connectivity index is 1.46. The maximum Gasteiger partial charge on any atom is 0.0457 e. The van der Waals surface area contributed by atoms with Crippen LogP contribution < -0.4 is 0 Å². The molecule has 4 aliphatic rings. The normalized spacial score (nSPS) is 40.1. The van der Waals surface area contributed by atoms with Gasteiger partial charge in [-0.3, -0.25) is 0 Å². The first-order valence-corrected chi connectivity index (χ1v) is 15.9. The highest BCUT2D eigenvalue weighted by molar-refractivity contribution is 9.10. The Morgan fingerprint density at radius 1 is 0.947 bits per heavy atom. The van der Waals surface area contributed by atoms with Gasteiger partial charge in [-0.25, -0.2) is 0 Å². The van der Waals surface area contributed by atoms with Crippen LogP contribution in [0.25, 0.3) is 10.9 Å². The van der Waals surface area contributed by atoms with E-state index in [1.165, 1.54) is 67.0 Å². The van der Waals surface area contributed by atoms with Crippen LogP contribution in [0.2, 0.25) is 0 Å². The lowest BCUT2D eigenvalue weighted by Gasteiger charge is -2.69. The van der Waals surface area contributed by atoms with Crippen molar-refractivity contribution in [1.82, 2.24) is 4.98 Å². The number of halogens is 1. The molecule has 3 aromatic rings. The van der Waals surface area contributed by atoms with Gasteiger partial charge in [0.15, 0.2) is 0 Å². The first-order chi connectivity index (χ1) is 18.0. The zero-order chi connectivity index (χ0) is 26.7. The van der Waals surface area contributed by atoms with Gasteiger partial charge in [-0.1, -0.05) is 86.8 Å². The molecule has 0 saturated heterocycles. The van der Waals surface area contributed by atoms with Gasteiger partial charge >= 0.3 is 0 Å². The summed E-state index contributed by atoms with van der Waals surface area (Å²) in [7, 11) is 0. The summed E-state index contributed by atoms with van der Waals surface area (Å²) in [6.07, 6.45) is 14.7. The Kier molecular flexibility index (Phi) is 5.38. The van der Waals surface area contributed by atoms with E-state index >= 15 is 0 Å². The van der Waals surface area contributed by atoms with Crippen LogP contribution >= 0.6 is 15.9 Å². The van der Waals surface area contributed by atoms with Crippen molar-refractivity contribution in [2.24, 2.45) is 28.1 Å². The average molecular weight is 571 g/mol. The quantitative estimate of drug-likeness (QED) is 0.280. The molecule has 4 aliphatic carbocycles. The Labute approximate surface area is 238 Å². The molecule has 0 aliphatic heterocycles. The average Bonchev–Trinajstić information content (AvgIpc) is 3.30. The van der Waals surface area contributed by atoms with E-state index in [0.29, 0.717) is 10.8 Å². The number of aromatic nitrogens is 1. The van der Waals surface area contributed by atoms with Crippen molar-refractivity contribution in [3.8, 4) is 0 Å².